The van der Waals surface area contributed by atoms with E-state index < -0.39 is 17.9 Å². The van der Waals surface area contributed by atoms with Gasteiger partial charge in [0.05, 0.1) is 6.54 Å². The Bertz CT molecular complexity index is 266. The molecule has 0 aromatic heterocycles. The van der Waals surface area contributed by atoms with Gasteiger partial charge in [-0.2, -0.15) is 0 Å². The molecule has 0 aromatic rings. The highest BCUT2D eigenvalue weighted by Crippen LogP contribution is 2.21. The van der Waals surface area contributed by atoms with Crippen LogP contribution in [0, 0.1) is 5.92 Å². The number of halogens is 1. The zero-order valence-electron chi connectivity index (χ0n) is 11.1. The van der Waals surface area contributed by atoms with Crippen LogP contribution in [0.5, 0.6) is 0 Å². The molecule has 1 rings (SSSR count). The number of amides is 1. The van der Waals surface area contributed by atoms with Gasteiger partial charge in [-0.1, -0.05) is 0 Å². The summed E-state index contributed by atoms with van der Waals surface area (Å²) in [6.45, 7) is 6.80. The summed E-state index contributed by atoms with van der Waals surface area (Å²) in [4.78, 5) is 13.2. The van der Waals surface area contributed by atoms with Crippen molar-refractivity contribution in [2.75, 3.05) is 26.7 Å². The van der Waals surface area contributed by atoms with E-state index in [4.69, 9.17) is 4.74 Å². The number of carbonyl (C=O) groups is 1. The van der Waals surface area contributed by atoms with Crippen molar-refractivity contribution >= 4 is 6.09 Å². The Morgan fingerprint density at radius 1 is 1.53 bits per heavy atom. The molecule has 1 heterocycles. The van der Waals surface area contributed by atoms with Crippen molar-refractivity contribution in [1.82, 2.24) is 10.2 Å². The fraction of sp³-hybridized carbons (Fsp3) is 0.917. The molecule has 4 nitrogen and oxygen atoms in total. The molecule has 2 atom stereocenters. The van der Waals surface area contributed by atoms with E-state index in [1.165, 1.54) is 4.90 Å². The van der Waals surface area contributed by atoms with Crippen molar-refractivity contribution in [3.8, 4) is 0 Å². The number of ether oxygens (including phenoxy) is 1. The van der Waals surface area contributed by atoms with Gasteiger partial charge in [-0.15, -0.1) is 0 Å². The van der Waals surface area contributed by atoms with Crippen LogP contribution in [0.3, 0.4) is 0 Å². The lowest BCUT2D eigenvalue weighted by Gasteiger charge is -2.35. The van der Waals surface area contributed by atoms with Crippen LogP contribution in [0.1, 0.15) is 27.2 Å². The van der Waals surface area contributed by atoms with E-state index >= 15 is 0 Å². The van der Waals surface area contributed by atoms with E-state index in [0.29, 0.717) is 19.5 Å². The molecule has 5 heteroatoms. The van der Waals surface area contributed by atoms with Crippen molar-refractivity contribution in [1.29, 1.82) is 0 Å². The lowest BCUT2D eigenvalue weighted by molar-refractivity contribution is 0.00570. The molecule has 0 aromatic carbocycles. The Balaban J connectivity index is 2.46. The number of rotatable bonds is 2. The van der Waals surface area contributed by atoms with Crippen LogP contribution in [-0.4, -0.2) is 49.4 Å². The van der Waals surface area contributed by atoms with Gasteiger partial charge < -0.3 is 15.0 Å². The monoisotopic (exact) mass is 246 g/mol. The fourth-order valence-corrected chi connectivity index (χ4v) is 1.94. The molecule has 17 heavy (non-hydrogen) atoms. The maximum Gasteiger partial charge on any atom is 0.410 e. The number of nitrogens with one attached hydrogen (secondary N) is 1. The van der Waals surface area contributed by atoms with Crippen LogP contribution in [-0.2, 0) is 4.74 Å². The lowest BCUT2D eigenvalue weighted by atomic mass is 9.95. The molecule has 1 aliphatic rings. The first-order valence-electron chi connectivity index (χ1n) is 6.10. The van der Waals surface area contributed by atoms with Crippen LogP contribution in [0.15, 0.2) is 0 Å². The van der Waals surface area contributed by atoms with E-state index in [9.17, 15) is 9.18 Å². The lowest BCUT2D eigenvalue weighted by Crippen LogP contribution is -2.48. The molecule has 1 saturated heterocycles. The Labute approximate surface area is 102 Å². The van der Waals surface area contributed by atoms with E-state index in [1.54, 1.807) is 0 Å². The van der Waals surface area contributed by atoms with E-state index in [-0.39, 0.29) is 12.5 Å². The van der Waals surface area contributed by atoms with Gasteiger partial charge in [0.25, 0.3) is 0 Å². The molecule has 100 valence electrons. The standard InChI is InChI=1S/C12H23FN2O2/c1-12(2,3)17-11(16)15-6-5-9(7-14-4)10(13)8-15/h9-10,14H,5-8H2,1-4H3. The zero-order chi connectivity index (χ0) is 13.1. The second-order valence-electron chi connectivity index (χ2n) is 5.55. The number of hydrogen-bond acceptors (Lipinski definition) is 3. The van der Waals surface area contributed by atoms with Gasteiger partial charge in [0.15, 0.2) is 0 Å². The van der Waals surface area contributed by atoms with Crippen molar-refractivity contribution in [2.24, 2.45) is 5.92 Å². The molecule has 0 bridgehead atoms. The predicted octanol–water partition coefficient (Wildman–Crippen LogP) is 1.80. The number of likely N-dealkylation sites (tertiary alicyclic amines) is 1. The first-order chi connectivity index (χ1) is 7.83. The molecule has 0 radical (unpaired) electrons. The number of alkyl halides is 1. The van der Waals surface area contributed by atoms with Crippen molar-refractivity contribution in [3.05, 3.63) is 0 Å². The molecule has 1 aliphatic heterocycles. The van der Waals surface area contributed by atoms with Crippen molar-refractivity contribution < 1.29 is 13.9 Å². The van der Waals surface area contributed by atoms with Gasteiger partial charge in [0.1, 0.15) is 11.8 Å². The van der Waals surface area contributed by atoms with Gasteiger partial charge >= 0.3 is 6.09 Å². The Morgan fingerprint density at radius 3 is 2.65 bits per heavy atom. The van der Waals surface area contributed by atoms with Crippen LogP contribution in [0.4, 0.5) is 9.18 Å². The summed E-state index contributed by atoms with van der Waals surface area (Å²) in [6, 6.07) is 0. The molecule has 1 N–H and O–H groups in total. The Kier molecular flexibility index (Phi) is 4.74. The maximum absolute atomic E-state index is 13.8. The smallest absolute Gasteiger partial charge is 0.410 e. The largest absolute Gasteiger partial charge is 0.444 e. The van der Waals surface area contributed by atoms with Gasteiger partial charge in [0, 0.05) is 19.0 Å². The third-order valence-electron chi connectivity index (χ3n) is 2.79. The normalized spacial score (nSPS) is 25.8. The Hall–Kier alpha value is -0.840. The molecule has 1 fully saturated rings. The molecule has 1 amide bonds. The molecule has 0 saturated carbocycles. The van der Waals surface area contributed by atoms with Gasteiger partial charge in [-0.25, -0.2) is 9.18 Å². The minimum absolute atomic E-state index is 0.00122. The van der Waals surface area contributed by atoms with Gasteiger partial charge in [-0.3, -0.25) is 0 Å². The Morgan fingerprint density at radius 2 is 2.18 bits per heavy atom. The van der Waals surface area contributed by atoms with Crippen molar-refractivity contribution in [2.45, 2.75) is 39.0 Å². The highest BCUT2D eigenvalue weighted by atomic mass is 19.1. The van der Waals surface area contributed by atoms with Gasteiger partial charge in [-0.05, 0) is 34.2 Å². The minimum atomic E-state index is -0.969. The summed E-state index contributed by atoms with van der Waals surface area (Å²) in [6.07, 6.45) is -0.701. The quantitative estimate of drug-likeness (QED) is 0.808. The summed E-state index contributed by atoms with van der Waals surface area (Å²) < 4.78 is 19.0. The molecule has 2 unspecified atom stereocenters. The second-order valence-corrected chi connectivity index (χ2v) is 5.55. The van der Waals surface area contributed by atoms with Crippen LogP contribution in [0.2, 0.25) is 0 Å². The SMILES string of the molecule is CNCC1CCN(C(=O)OC(C)(C)C)CC1F. The number of piperidine rings is 1. The fourth-order valence-electron chi connectivity index (χ4n) is 1.94. The number of hydrogen-bond donors (Lipinski definition) is 1. The third-order valence-corrected chi connectivity index (χ3v) is 2.79. The molecular formula is C12H23FN2O2. The van der Waals surface area contributed by atoms with E-state index in [1.807, 2.05) is 27.8 Å². The minimum Gasteiger partial charge on any atom is -0.444 e. The summed E-state index contributed by atoms with van der Waals surface area (Å²) in [7, 11) is 1.81. The number of nitrogens with zero attached hydrogens (tertiary/aromatic N) is 1. The molecular weight excluding hydrogens is 223 g/mol. The predicted molar refractivity (Wildman–Crippen MR) is 64.7 cm³/mol. The first-order valence-corrected chi connectivity index (χ1v) is 6.10. The number of carbonyl (C=O) groups excluding carboxylic acids is 1. The topological polar surface area (TPSA) is 41.6 Å². The maximum atomic E-state index is 13.8. The average Bonchev–Trinajstić information content (AvgIpc) is 2.18. The summed E-state index contributed by atoms with van der Waals surface area (Å²) >= 11 is 0. The van der Waals surface area contributed by atoms with E-state index in [0.717, 1.165) is 0 Å². The highest BCUT2D eigenvalue weighted by molar-refractivity contribution is 5.68. The van der Waals surface area contributed by atoms with E-state index in [2.05, 4.69) is 5.32 Å². The van der Waals surface area contributed by atoms with Crippen LogP contribution < -0.4 is 5.32 Å². The zero-order valence-corrected chi connectivity index (χ0v) is 11.1. The highest BCUT2D eigenvalue weighted by Gasteiger charge is 2.33. The van der Waals surface area contributed by atoms with Crippen LogP contribution >= 0.6 is 0 Å². The first kappa shape index (κ1) is 14.2. The van der Waals surface area contributed by atoms with Gasteiger partial charge in [0.2, 0.25) is 0 Å². The summed E-state index contributed by atoms with van der Waals surface area (Å²) in [5.41, 5.74) is -0.523. The molecule has 0 aliphatic carbocycles. The average molecular weight is 246 g/mol. The summed E-state index contributed by atoms with van der Waals surface area (Å²) in [5.74, 6) is -0.00122. The summed E-state index contributed by atoms with van der Waals surface area (Å²) in [5, 5.41) is 2.98. The van der Waals surface area contributed by atoms with Crippen LogP contribution in [0.25, 0.3) is 0 Å². The third kappa shape index (κ3) is 4.50. The second kappa shape index (κ2) is 5.67. The molecule has 0 spiro atoms. The van der Waals surface area contributed by atoms with Crippen molar-refractivity contribution in [3.63, 3.8) is 0 Å².